The number of aryl methyl sites for hydroxylation is 1. The smallest absolute Gasteiger partial charge is 0.243 e. The van der Waals surface area contributed by atoms with Crippen LogP contribution in [0.5, 0.6) is 0 Å². The van der Waals surface area contributed by atoms with E-state index in [1.807, 2.05) is 0 Å². The van der Waals surface area contributed by atoms with Gasteiger partial charge in [0.2, 0.25) is 15.9 Å². The third-order valence-electron chi connectivity index (χ3n) is 3.61. The van der Waals surface area contributed by atoms with Crippen LogP contribution in [0.4, 0.5) is 4.39 Å². The molecule has 7 heteroatoms. The van der Waals surface area contributed by atoms with Gasteiger partial charge in [0.25, 0.3) is 0 Å². The highest BCUT2D eigenvalue weighted by atomic mass is 32.2. The summed E-state index contributed by atoms with van der Waals surface area (Å²) in [5.41, 5.74) is 5.60. The number of nitrogens with two attached hydrogens (primary N) is 1. The van der Waals surface area contributed by atoms with Gasteiger partial charge in [0, 0.05) is 19.0 Å². The molecule has 1 heterocycles. The lowest BCUT2D eigenvalue weighted by molar-refractivity contribution is -0.122. The van der Waals surface area contributed by atoms with Gasteiger partial charge >= 0.3 is 0 Å². The Bertz CT molecular complexity index is 623. The number of nitrogens with zero attached hydrogens (tertiary/aromatic N) is 1. The fraction of sp³-hybridized carbons (Fsp3) is 0.462. The minimum atomic E-state index is -3.64. The van der Waals surface area contributed by atoms with Crippen LogP contribution in [0.15, 0.2) is 23.1 Å². The van der Waals surface area contributed by atoms with E-state index >= 15 is 0 Å². The molecule has 0 spiro atoms. The molecule has 0 atom stereocenters. The minimum absolute atomic E-state index is 0.108. The lowest BCUT2D eigenvalue weighted by Gasteiger charge is -2.30. The van der Waals surface area contributed by atoms with Crippen molar-refractivity contribution in [1.29, 1.82) is 0 Å². The first-order chi connectivity index (χ1) is 9.32. The highest BCUT2D eigenvalue weighted by molar-refractivity contribution is 7.89. The van der Waals surface area contributed by atoms with E-state index in [2.05, 4.69) is 0 Å². The maximum atomic E-state index is 13.1. The van der Waals surface area contributed by atoms with Crippen molar-refractivity contribution in [3.8, 4) is 0 Å². The van der Waals surface area contributed by atoms with Crippen molar-refractivity contribution in [2.45, 2.75) is 24.7 Å². The van der Waals surface area contributed by atoms with Crippen molar-refractivity contribution in [2.24, 2.45) is 11.7 Å². The zero-order valence-corrected chi connectivity index (χ0v) is 12.0. The van der Waals surface area contributed by atoms with Gasteiger partial charge in [-0.25, -0.2) is 12.8 Å². The van der Waals surface area contributed by atoms with E-state index in [0.29, 0.717) is 18.4 Å². The van der Waals surface area contributed by atoms with Crippen LogP contribution in [0.2, 0.25) is 0 Å². The van der Waals surface area contributed by atoms with Crippen molar-refractivity contribution < 1.29 is 17.6 Å². The molecule has 2 N–H and O–H groups in total. The number of piperidine rings is 1. The number of sulfonamides is 1. The number of halogens is 1. The van der Waals surface area contributed by atoms with Gasteiger partial charge in [0.1, 0.15) is 5.82 Å². The zero-order chi connectivity index (χ0) is 14.9. The van der Waals surface area contributed by atoms with Crippen LogP contribution in [0.3, 0.4) is 0 Å². The molecular weight excluding hydrogens is 283 g/mol. The van der Waals surface area contributed by atoms with Gasteiger partial charge in [0.15, 0.2) is 0 Å². The molecule has 0 unspecified atom stereocenters. The minimum Gasteiger partial charge on any atom is -0.369 e. The van der Waals surface area contributed by atoms with Crippen LogP contribution >= 0.6 is 0 Å². The number of hydrogen-bond donors (Lipinski definition) is 1. The molecule has 1 aliphatic rings. The molecule has 20 heavy (non-hydrogen) atoms. The van der Waals surface area contributed by atoms with Crippen LogP contribution < -0.4 is 5.73 Å². The van der Waals surface area contributed by atoms with Gasteiger partial charge in [-0.2, -0.15) is 4.31 Å². The van der Waals surface area contributed by atoms with E-state index in [1.54, 1.807) is 6.92 Å². The summed E-state index contributed by atoms with van der Waals surface area (Å²) in [6.45, 7) is 2.08. The molecule has 1 aliphatic heterocycles. The fourth-order valence-corrected chi connectivity index (χ4v) is 4.10. The zero-order valence-electron chi connectivity index (χ0n) is 11.2. The van der Waals surface area contributed by atoms with Gasteiger partial charge in [-0.15, -0.1) is 0 Å². The Balaban J connectivity index is 2.22. The maximum absolute atomic E-state index is 13.1. The predicted octanol–water partition coefficient (Wildman–Crippen LogP) is 1.02. The van der Waals surface area contributed by atoms with Crippen molar-refractivity contribution in [3.63, 3.8) is 0 Å². The van der Waals surface area contributed by atoms with E-state index in [9.17, 15) is 17.6 Å². The molecular formula is C13H17FN2O3S. The first-order valence-corrected chi connectivity index (χ1v) is 7.82. The first-order valence-electron chi connectivity index (χ1n) is 6.38. The molecule has 1 amide bonds. The molecule has 0 aromatic heterocycles. The van der Waals surface area contributed by atoms with Crippen molar-refractivity contribution in [3.05, 3.63) is 29.6 Å². The third-order valence-corrected chi connectivity index (χ3v) is 5.67. The summed E-state index contributed by atoms with van der Waals surface area (Å²) in [6.07, 6.45) is 0.851. The van der Waals surface area contributed by atoms with E-state index in [-0.39, 0.29) is 29.8 Å². The molecule has 5 nitrogen and oxygen atoms in total. The lowest BCUT2D eigenvalue weighted by atomic mass is 9.98. The summed E-state index contributed by atoms with van der Waals surface area (Å²) in [6, 6.07) is 3.61. The second-order valence-electron chi connectivity index (χ2n) is 4.99. The van der Waals surface area contributed by atoms with E-state index in [0.717, 1.165) is 6.07 Å². The summed E-state index contributed by atoms with van der Waals surface area (Å²) in [4.78, 5) is 11.2. The largest absolute Gasteiger partial charge is 0.369 e. The predicted molar refractivity (Wildman–Crippen MR) is 71.8 cm³/mol. The Morgan fingerprint density at radius 2 is 1.95 bits per heavy atom. The summed E-state index contributed by atoms with van der Waals surface area (Å²) >= 11 is 0. The molecule has 1 aromatic carbocycles. The van der Waals surface area contributed by atoms with Crippen LogP contribution in [0.1, 0.15) is 18.4 Å². The molecule has 1 saturated heterocycles. The third kappa shape index (κ3) is 2.83. The summed E-state index contributed by atoms with van der Waals surface area (Å²) in [5.74, 6) is -1.12. The topological polar surface area (TPSA) is 80.5 Å². The van der Waals surface area contributed by atoms with Crippen LogP contribution in [-0.2, 0) is 14.8 Å². The second-order valence-corrected chi connectivity index (χ2v) is 6.90. The number of amides is 1. The number of benzene rings is 1. The van der Waals surface area contributed by atoms with Crippen molar-refractivity contribution >= 4 is 15.9 Å². The van der Waals surface area contributed by atoms with Gasteiger partial charge in [-0.1, -0.05) is 0 Å². The number of carbonyl (C=O) groups is 1. The number of rotatable bonds is 3. The van der Waals surface area contributed by atoms with Crippen LogP contribution in [-0.4, -0.2) is 31.7 Å². The average Bonchev–Trinajstić information content (AvgIpc) is 2.38. The van der Waals surface area contributed by atoms with E-state index < -0.39 is 15.8 Å². The second kappa shape index (κ2) is 5.49. The van der Waals surface area contributed by atoms with Crippen molar-refractivity contribution in [1.82, 2.24) is 4.31 Å². The van der Waals surface area contributed by atoms with Gasteiger partial charge < -0.3 is 5.73 Å². The molecule has 0 saturated carbocycles. The monoisotopic (exact) mass is 300 g/mol. The molecule has 110 valence electrons. The number of hydrogen-bond acceptors (Lipinski definition) is 3. The van der Waals surface area contributed by atoms with Crippen LogP contribution in [0, 0.1) is 18.7 Å². The molecule has 0 radical (unpaired) electrons. The first kappa shape index (κ1) is 14.9. The standard InChI is InChI=1S/C13H17FN2O3S/c1-9-8-11(14)2-3-12(9)20(18,19)16-6-4-10(5-7-16)13(15)17/h2-3,8,10H,4-7H2,1H3,(H2,15,17). The quantitative estimate of drug-likeness (QED) is 0.905. The molecule has 2 rings (SSSR count). The highest BCUT2D eigenvalue weighted by Crippen LogP contribution is 2.25. The Labute approximate surface area is 117 Å². The normalized spacial score (nSPS) is 18.1. The van der Waals surface area contributed by atoms with E-state index in [4.69, 9.17) is 5.73 Å². The molecule has 1 aromatic rings. The lowest BCUT2D eigenvalue weighted by Crippen LogP contribution is -2.41. The Morgan fingerprint density at radius 3 is 2.45 bits per heavy atom. The highest BCUT2D eigenvalue weighted by Gasteiger charge is 2.32. The van der Waals surface area contributed by atoms with Gasteiger partial charge in [-0.05, 0) is 43.5 Å². The number of carbonyl (C=O) groups excluding carboxylic acids is 1. The van der Waals surface area contributed by atoms with Gasteiger partial charge in [0.05, 0.1) is 4.90 Å². The Hall–Kier alpha value is -1.47. The summed E-state index contributed by atoms with van der Waals surface area (Å²) < 4.78 is 39.4. The Morgan fingerprint density at radius 1 is 1.35 bits per heavy atom. The summed E-state index contributed by atoms with van der Waals surface area (Å²) in [5, 5.41) is 0. The van der Waals surface area contributed by atoms with E-state index in [1.165, 1.54) is 16.4 Å². The van der Waals surface area contributed by atoms with Crippen LogP contribution in [0.25, 0.3) is 0 Å². The maximum Gasteiger partial charge on any atom is 0.243 e. The number of primary amides is 1. The fourth-order valence-electron chi connectivity index (χ4n) is 2.42. The van der Waals surface area contributed by atoms with Gasteiger partial charge in [-0.3, -0.25) is 4.79 Å². The molecule has 0 bridgehead atoms. The average molecular weight is 300 g/mol. The molecule has 0 aliphatic carbocycles. The molecule has 1 fully saturated rings. The van der Waals surface area contributed by atoms with Crippen molar-refractivity contribution in [2.75, 3.05) is 13.1 Å². The Kier molecular flexibility index (Phi) is 4.10. The summed E-state index contributed by atoms with van der Waals surface area (Å²) in [7, 11) is -3.64. The SMILES string of the molecule is Cc1cc(F)ccc1S(=O)(=O)N1CCC(C(N)=O)CC1.